The zero-order chi connectivity index (χ0) is 47.6. The molecule has 0 bridgehead atoms. The van der Waals surface area contributed by atoms with E-state index in [4.69, 9.17) is 6.57 Å². The molecule has 68 heavy (non-hydrogen) atoms. The van der Waals surface area contributed by atoms with Gasteiger partial charge in [0.15, 0.2) is 5.69 Å². The Morgan fingerprint density at radius 3 is 1.50 bits per heavy atom. The van der Waals surface area contributed by atoms with Gasteiger partial charge < -0.3 is 9.13 Å². The molecule has 0 unspecified atom stereocenters. The SMILES string of the molecule is [C-]#[N+]c1ccc(-c2ccc3c4ccccc4n(-c4cc(C#N)c(-n5c6ccccc6c6ccc(-c7ccc(C#N)cc7C#N)cc65)cc4-c4ccc(C(F)(F)F)cc4C(F)(F)F)c3c2)c(C#N)c1. The van der Waals surface area contributed by atoms with Gasteiger partial charge in [0.05, 0.1) is 86.0 Å². The molecule has 0 saturated heterocycles. The van der Waals surface area contributed by atoms with E-state index in [1.165, 1.54) is 24.3 Å². The van der Waals surface area contributed by atoms with Crippen molar-refractivity contribution in [3.63, 3.8) is 0 Å². The first kappa shape index (κ1) is 42.3. The third-order valence-corrected chi connectivity index (χ3v) is 12.2. The highest BCUT2D eigenvalue weighted by Crippen LogP contribution is 2.47. The van der Waals surface area contributed by atoms with Crippen molar-refractivity contribution in [2.75, 3.05) is 0 Å². The van der Waals surface area contributed by atoms with Gasteiger partial charge in [-0.25, -0.2) is 4.85 Å². The first-order chi connectivity index (χ1) is 32.8. The number of halogens is 6. The number of aromatic nitrogens is 2. The molecule has 10 rings (SSSR count). The van der Waals surface area contributed by atoms with E-state index in [1.54, 1.807) is 100 Å². The lowest BCUT2D eigenvalue weighted by atomic mass is 9.93. The molecule has 0 saturated carbocycles. The van der Waals surface area contributed by atoms with E-state index in [1.807, 2.05) is 24.3 Å². The largest absolute Gasteiger partial charge is 0.417 e. The first-order valence-corrected chi connectivity index (χ1v) is 20.6. The Labute approximate surface area is 382 Å². The summed E-state index contributed by atoms with van der Waals surface area (Å²) < 4.78 is 92.2. The molecular weight excluding hydrogens is 873 g/mol. The average molecular weight is 898 g/mol. The second-order valence-electron chi connectivity index (χ2n) is 15.9. The molecule has 0 aliphatic rings. The third kappa shape index (κ3) is 6.81. The quantitative estimate of drug-likeness (QED) is 0.127. The minimum absolute atomic E-state index is 0.00283. The Balaban J connectivity index is 1.34. The number of hydrogen-bond donors (Lipinski definition) is 0. The van der Waals surface area contributed by atoms with Gasteiger partial charge in [0, 0.05) is 32.7 Å². The predicted molar refractivity (Wildman–Crippen MR) is 247 cm³/mol. The zero-order valence-electron chi connectivity index (χ0n) is 34.8. The summed E-state index contributed by atoms with van der Waals surface area (Å²) in [5.74, 6) is 0. The van der Waals surface area contributed by atoms with Crippen molar-refractivity contribution < 1.29 is 26.3 Å². The van der Waals surface area contributed by atoms with Crippen LogP contribution >= 0.6 is 0 Å². The minimum atomic E-state index is -5.29. The van der Waals surface area contributed by atoms with E-state index in [9.17, 15) is 34.2 Å². The van der Waals surface area contributed by atoms with Gasteiger partial charge in [-0.3, -0.25) is 0 Å². The van der Waals surface area contributed by atoms with Crippen LogP contribution in [0.4, 0.5) is 32.0 Å². The fourth-order valence-corrected chi connectivity index (χ4v) is 9.14. The molecule has 0 radical (unpaired) electrons. The second-order valence-corrected chi connectivity index (χ2v) is 15.9. The smallest absolute Gasteiger partial charge is 0.309 e. The van der Waals surface area contributed by atoms with Crippen LogP contribution in [0.15, 0.2) is 152 Å². The van der Waals surface area contributed by atoms with Crippen molar-refractivity contribution in [2.24, 2.45) is 0 Å². The topological polar surface area (TPSA) is 109 Å². The lowest BCUT2D eigenvalue weighted by Gasteiger charge is -2.22. The van der Waals surface area contributed by atoms with Gasteiger partial charge in [0.25, 0.3) is 0 Å². The summed E-state index contributed by atoms with van der Waals surface area (Å²) in [4.78, 5) is 3.44. The Bertz CT molecular complexity index is 4020. The number of para-hydroxylation sites is 2. The van der Waals surface area contributed by atoms with Crippen LogP contribution in [0.2, 0.25) is 0 Å². The summed E-state index contributed by atoms with van der Waals surface area (Å²) >= 11 is 0. The Morgan fingerprint density at radius 1 is 0.426 bits per heavy atom. The van der Waals surface area contributed by atoms with Crippen LogP contribution in [0, 0.1) is 51.9 Å². The molecule has 0 spiro atoms. The summed E-state index contributed by atoms with van der Waals surface area (Å²) in [5, 5.41) is 43.6. The fourth-order valence-electron chi connectivity index (χ4n) is 9.14. The summed E-state index contributed by atoms with van der Waals surface area (Å²) in [6, 6.07) is 47.2. The molecule has 0 atom stereocenters. The van der Waals surface area contributed by atoms with Crippen molar-refractivity contribution >= 4 is 49.3 Å². The van der Waals surface area contributed by atoms with Gasteiger partial charge in [-0.1, -0.05) is 84.9 Å². The van der Waals surface area contributed by atoms with Gasteiger partial charge in [-0.2, -0.15) is 47.4 Å². The van der Waals surface area contributed by atoms with Crippen molar-refractivity contribution in [1.82, 2.24) is 9.13 Å². The van der Waals surface area contributed by atoms with Crippen molar-refractivity contribution in [2.45, 2.75) is 12.4 Å². The maximum Gasteiger partial charge on any atom is 0.417 e. The van der Waals surface area contributed by atoms with E-state index in [2.05, 4.69) is 23.1 Å². The number of nitrogens with zero attached hydrogens (tertiary/aromatic N) is 7. The standard InChI is InChI=1S/C55H25F6N7/c1-66-38-14-19-40(35(21-38)29-64)33-12-17-45-43-7-3-5-9-49(43)68(52(45)23-33)53-24-36(30-65)50(26-46(53)41-18-13-37(54(56,57)58)25-47(41)55(59,60)61)67-48-8-4-2-6-42(48)44-16-11-32(22-51(44)67)39-15-10-31(27-62)20-34(39)28-63/h2-26H. The number of alkyl halides is 6. The molecule has 0 amide bonds. The summed E-state index contributed by atoms with van der Waals surface area (Å²) in [6.45, 7) is 7.46. The number of hydrogen-bond acceptors (Lipinski definition) is 4. The Hall–Kier alpha value is -9.61. The van der Waals surface area contributed by atoms with Crippen LogP contribution in [0.5, 0.6) is 0 Å². The molecular formula is C55H25F6N7. The summed E-state index contributed by atoms with van der Waals surface area (Å²) in [5.41, 5.74) is 1.33. The number of nitriles is 4. The molecule has 8 aromatic carbocycles. The third-order valence-electron chi connectivity index (χ3n) is 12.2. The van der Waals surface area contributed by atoms with Crippen LogP contribution < -0.4 is 0 Å². The molecule has 0 aliphatic heterocycles. The second kappa shape index (κ2) is 15.8. The molecule has 0 aliphatic carbocycles. The highest BCUT2D eigenvalue weighted by molar-refractivity contribution is 6.12. The van der Waals surface area contributed by atoms with Crippen LogP contribution in [0.3, 0.4) is 0 Å². The highest BCUT2D eigenvalue weighted by Gasteiger charge is 2.39. The van der Waals surface area contributed by atoms with Crippen LogP contribution in [-0.2, 0) is 12.4 Å². The molecule has 0 N–H and O–H groups in total. The van der Waals surface area contributed by atoms with E-state index in [-0.39, 0.29) is 50.9 Å². The predicted octanol–water partition coefficient (Wildman–Crippen LogP) is 15.0. The van der Waals surface area contributed by atoms with Crippen LogP contribution in [0.1, 0.15) is 33.4 Å². The summed E-state index contributed by atoms with van der Waals surface area (Å²) in [7, 11) is 0. The molecule has 13 heteroatoms. The van der Waals surface area contributed by atoms with E-state index in [0.717, 1.165) is 6.07 Å². The molecule has 10 aromatic rings. The van der Waals surface area contributed by atoms with Crippen LogP contribution in [0.25, 0.3) is 93.2 Å². The monoisotopic (exact) mass is 897 g/mol. The zero-order valence-corrected chi connectivity index (χ0v) is 34.8. The molecule has 0 fully saturated rings. The van der Waals surface area contributed by atoms with Gasteiger partial charge in [-0.05, 0) is 94.5 Å². The Kier molecular flexibility index (Phi) is 9.85. The lowest BCUT2D eigenvalue weighted by Crippen LogP contribution is -2.13. The summed E-state index contributed by atoms with van der Waals surface area (Å²) in [6.07, 6.45) is -10.4. The van der Waals surface area contributed by atoms with Gasteiger partial charge in [0.1, 0.15) is 6.07 Å². The van der Waals surface area contributed by atoms with Gasteiger partial charge >= 0.3 is 12.4 Å². The number of rotatable bonds is 5. The fraction of sp³-hybridized carbons (Fsp3) is 0.0364. The highest BCUT2D eigenvalue weighted by atomic mass is 19.4. The maximum absolute atomic E-state index is 15.4. The van der Waals surface area contributed by atoms with Crippen molar-refractivity contribution in [3.8, 4) is 69.0 Å². The van der Waals surface area contributed by atoms with Gasteiger partial charge in [0.2, 0.25) is 0 Å². The average Bonchev–Trinajstić information content (AvgIpc) is 3.86. The molecule has 322 valence electrons. The molecule has 2 aromatic heterocycles. The number of benzene rings is 8. The van der Waals surface area contributed by atoms with E-state index >= 15 is 13.2 Å². The lowest BCUT2D eigenvalue weighted by molar-refractivity contribution is -0.142. The molecule has 7 nitrogen and oxygen atoms in total. The maximum atomic E-state index is 15.4. The Morgan fingerprint density at radius 2 is 0.956 bits per heavy atom. The van der Waals surface area contributed by atoms with Crippen molar-refractivity contribution in [1.29, 1.82) is 21.0 Å². The normalized spacial score (nSPS) is 11.6. The van der Waals surface area contributed by atoms with Gasteiger partial charge in [-0.15, -0.1) is 0 Å². The van der Waals surface area contributed by atoms with E-state index in [0.29, 0.717) is 71.9 Å². The van der Waals surface area contributed by atoms with Crippen LogP contribution in [-0.4, -0.2) is 9.13 Å². The van der Waals surface area contributed by atoms with E-state index < -0.39 is 29.0 Å². The number of fused-ring (bicyclic) bond motifs is 6. The van der Waals surface area contributed by atoms with Crippen molar-refractivity contribution in [3.05, 3.63) is 196 Å². The molecule has 2 heterocycles. The minimum Gasteiger partial charge on any atom is -0.309 e. The first-order valence-electron chi connectivity index (χ1n) is 20.6.